The summed E-state index contributed by atoms with van der Waals surface area (Å²) in [7, 11) is 0. The lowest BCUT2D eigenvalue weighted by Gasteiger charge is -2.07. The summed E-state index contributed by atoms with van der Waals surface area (Å²) < 4.78 is 26.4. The summed E-state index contributed by atoms with van der Waals surface area (Å²) in [6.07, 6.45) is 1.70. The van der Waals surface area contributed by atoms with Gasteiger partial charge in [0.2, 0.25) is 0 Å². The number of nitrogens with one attached hydrogen (secondary N) is 2. The van der Waals surface area contributed by atoms with Gasteiger partial charge in [0, 0.05) is 23.7 Å². The van der Waals surface area contributed by atoms with Crippen LogP contribution in [0.1, 0.15) is 23.0 Å². The maximum Gasteiger partial charge on any atom is 0.269 e. The molecule has 25 heavy (non-hydrogen) atoms. The Labute approximate surface area is 142 Å². The van der Waals surface area contributed by atoms with Crippen molar-refractivity contribution in [1.82, 2.24) is 10.2 Å². The quantitative estimate of drug-likeness (QED) is 0.664. The zero-order chi connectivity index (χ0) is 18.0. The van der Waals surface area contributed by atoms with Gasteiger partial charge < -0.3 is 11.1 Å². The molecule has 3 aromatic rings. The van der Waals surface area contributed by atoms with Crippen molar-refractivity contribution in [2.24, 2.45) is 5.73 Å². The van der Waals surface area contributed by atoms with Gasteiger partial charge in [0.1, 0.15) is 11.6 Å². The zero-order valence-corrected chi connectivity index (χ0v) is 13.4. The minimum Gasteiger partial charge on any atom is -0.381 e. The molecule has 0 aliphatic carbocycles. The molecule has 0 aliphatic heterocycles. The van der Waals surface area contributed by atoms with Crippen molar-refractivity contribution in [2.45, 2.75) is 6.92 Å². The van der Waals surface area contributed by atoms with E-state index in [4.69, 9.17) is 5.73 Å². The molecule has 5 nitrogen and oxygen atoms in total. The van der Waals surface area contributed by atoms with Crippen molar-refractivity contribution >= 4 is 28.6 Å². The second-order valence-electron chi connectivity index (χ2n) is 5.74. The van der Waals surface area contributed by atoms with Crippen LogP contribution >= 0.6 is 0 Å². The number of hydrogen-bond acceptors (Lipinski definition) is 3. The first-order valence-corrected chi connectivity index (χ1v) is 7.57. The number of benzene rings is 2. The van der Waals surface area contributed by atoms with Gasteiger partial charge in [0.15, 0.2) is 5.69 Å². The number of halogens is 2. The minimum absolute atomic E-state index is 0.182. The van der Waals surface area contributed by atoms with E-state index < -0.39 is 17.5 Å². The van der Waals surface area contributed by atoms with E-state index in [1.807, 2.05) is 13.0 Å². The lowest BCUT2D eigenvalue weighted by Crippen LogP contribution is -2.11. The molecular formula is C18H16F2N4O. The molecule has 0 unspecified atom stereocenters. The summed E-state index contributed by atoms with van der Waals surface area (Å²) >= 11 is 0. The fraction of sp³-hybridized carbons (Fsp3) is 0.111. The maximum atomic E-state index is 13.2. The number of hydrogen-bond donors (Lipinski definition) is 3. The van der Waals surface area contributed by atoms with Gasteiger partial charge in [-0.1, -0.05) is 11.6 Å². The molecular weight excluding hydrogens is 326 g/mol. The van der Waals surface area contributed by atoms with E-state index in [1.54, 1.807) is 18.2 Å². The number of nitrogens with two attached hydrogens (primary N) is 1. The zero-order valence-electron chi connectivity index (χ0n) is 13.4. The third kappa shape index (κ3) is 3.82. The van der Waals surface area contributed by atoms with E-state index >= 15 is 0 Å². The van der Waals surface area contributed by atoms with Gasteiger partial charge in [-0.3, -0.25) is 9.89 Å². The highest BCUT2D eigenvalue weighted by Crippen LogP contribution is 2.21. The predicted molar refractivity (Wildman–Crippen MR) is 93.1 cm³/mol. The Hall–Kier alpha value is -3.22. The number of amides is 1. The van der Waals surface area contributed by atoms with Gasteiger partial charge in [-0.05, 0) is 42.8 Å². The summed E-state index contributed by atoms with van der Waals surface area (Å²) in [4.78, 5) is 11.4. The van der Waals surface area contributed by atoms with Crippen LogP contribution < -0.4 is 11.1 Å². The molecule has 0 radical (unpaired) electrons. The van der Waals surface area contributed by atoms with E-state index in [1.165, 1.54) is 12.1 Å². The molecule has 7 heteroatoms. The number of fused-ring (bicyclic) bond motifs is 1. The van der Waals surface area contributed by atoms with Crippen LogP contribution in [0.4, 0.5) is 14.5 Å². The van der Waals surface area contributed by atoms with Crippen LogP contribution in [0, 0.1) is 11.6 Å². The van der Waals surface area contributed by atoms with Crippen LogP contribution in [0.25, 0.3) is 17.0 Å². The van der Waals surface area contributed by atoms with Gasteiger partial charge in [-0.25, -0.2) is 8.78 Å². The van der Waals surface area contributed by atoms with Crippen LogP contribution in [0.5, 0.6) is 0 Å². The number of aromatic nitrogens is 2. The first-order chi connectivity index (χ1) is 11.9. The van der Waals surface area contributed by atoms with Gasteiger partial charge in [-0.15, -0.1) is 0 Å². The Balaban J connectivity index is 1.76. The number of nitrogens with zero attached hydrogens (tertiary/aromatic N) is 1. The summed E-state index contributed by atoms with van der Waals surface area (Å²) in [6.45, 7) is 2.31. The molecule has 0 saturated carbocycles. The Morgan fingerprint density at radius 3 is 2.64 bits per heavy atom. The summed E-state index contributed by atoms with van der Waals surface area (Å²) in [5.41, 5.74) is 8.30. The number of anilines is 1. The number of aromatic amines is 1. The highest BCUT2D eigenvalue weighted by Gasteiger charge is 2.11. The molecule has 0 fully saturated rings. The third-order valence-corrected chi connectivity index (χ3v) is 3.67. The molecule has 1 heterocycles. The van der Waals surface area contributed by atoms with Crippen molar-refractivity contribution in [2.75, 3.05) is 11.9 Å². The third-order valence-electron chi connectivity index (χ3n) is 3.67. The molecule has 3 rings (SSSR count). The Bertz CT molecular complexity index is 958. The molecule has 4 N–H and O–H groups in total. The Kier molecular flexibility index (Phi) is 4.47. The van der Waals surface area contributed by atoms with Gasteiger partial charge in [0.25, 0.3) is 5.91 Å². The first-order valence-electron chi connectivity index (χ1n) is 7.57. The van der Waals surface area contributed by atoms with E-state index in [2.05, 4.69) is 15.5 Å². The topological polar surface area (TPSA) is 83.8 Å². The van der Waals surface area contributed by atoms with Crippen LogP contribution in [-0.4, -0.2) is 22.6 Å². The molecule has 0 atom stereocenters. The standard InChI is InChI=1S/C18H16F2N4O/c1-10(4-11-5-12(19)7-13(20)6-11)9-22-14-2-3-16-15(8-14)17(18(21)25)24-23-16/h2-8,22H,9H2,1H3,(H2,21,25)(H,23,24)/b10-4+. The molecule has 1 amide bonds. The highest BCUT2D eigenvalue weighted by atomic mass is 19.1. The van der Waals surface area contributed by atoms with Gasteiger partial charge in [-0.2, -0.15) is 5.10 Å². The van der Waals surface area contributed by atoms with Crippen molar-refractivity contribution in [1.29, 1.82) is 0 Å². The molecule has 0 spiro atoms. The smallest absolute Gasteiger partial charge is 0.269 e. The number of rotatable bonds is 5. The van der Waals surface area contributed by atoms with E-state index in [9.17, 15) is 13.6 Å². The average molecular weight is 342 g/mol. The maximum absolute atomic E-state index is 13.2. The number of H-pyrrole nitrogens is 1. The molecule has 0 bridgehead atoms. The average Bonchev–Trinajstić information content (AvgIpc) is 2.95. The monoisotopic (exact) mass is 342 g/mol. The van der Waals surface area contributed by atoms with Crippen molar-refractivity contribution in [3.05, 3.63) is 64.9 Å². The Morgan fingerprint density at radius 1 is 1.24 bits per heavy atom. The SMILES string of the molecule is C/C(=C\c1cc(F)cc(F)c1)CNc1ccc2[nH]nc(C(N)=O)c2c1. The molecule has 128 valence electrons. The van der Waals surface area contributed by atoms with Gasteiger partial charge >= 0.3 is 0 Å². The first kappa shape index (κ1) is 16.6. The van der Waals surface area contributed by atoms with Crippen molar-refractivity contribution in [3.63, 3.8) is 0 Å². The van der Waals surface area contributed by atoms with Crippen LogP contribution in [-0.2, 0) is 0 Å². The van der Waals surface area contributed by atoms with Crippen molar-refractivity contribution in [3.8, 4) is 0 Å². The largest absolute Gasteiger partial charge is 0.381 e. The second kappa shape index (κ2) is 6.72. The lowest BCUT2D eigenvalue weighted by atomic mass is 10.1. The van der Waals surface area contributed by atoms with E-state index in [0.29, 0.717) is 23.0 Å². The van der Waals surface area contributed by atoms with Crippen LogP contribution in [0.15, 0.2) is 42.0 Å². The molecule has 0 saturated heterocycles. The van der Waals surface area contributed by atoms with Crippen LogP contribution in [0.3, 0.4) is 0 Å². The number of carbonyl (C=O) groups excluding carboxylic acids is 1. The number of primary amides is 1. The van der Waals surface area contributed by atoms with E-state index in [-0.39, 0.29) is 5.69 Å². The fourth-order valence-electron chi connectivity index (χ4n) is 2.55. The van der Waals surface area contributed by atoms with Crippen LogP contribution in [0.2, 0.25) is 0 Å². The summed E-state index contributed by atoms with van der Waals surface area (Å²) in [5, 5.41) is 10.5. The number of carbonyl (C=O) groups is 1. The predicted octanol–water partition coefficient (Wildman–Crippen LogP) is 3.46. The second-order valence-corrected chi connectivity index (χ2v) is 5.74. The minimum atomic E-state index is -0.614. The normalized spacial score (nSPS) is 11.7. The molecule has 1 aromatic heterocycles. The molecule has 0 aliphatic rings. The summed E-state index contributed by atoms with van der Waals surface area (Å²) in [5.74, 6) is -1.83. The lowest BCUT2D eigenvalue weighted by molar-refractivity contribution is 0.0997. The summed E-state index contributed by atoms with van der Waals surface area (Å²) in [6, 6.07) is 8.76. The highest BCUT2D eigenvalue weighted by molar-refractivity contribution is 6.04. The van der Waals surface area contributed by atoms with Gasteiger partial charge in [0.05, 0.1) is 5.52 Å². The molecule has 2 aromatic carbocycles. The van der Waals surface area contributed by atoms with Crippen molar-refractivity contribution < 1.29 is 13.6 Å². The Morgan fingerprint density at radius 2 is 1.96 bits per heavy atom. The van der Waals surface area contributed by atoms with E-state index in [0.717, 1.165) is 17.3 Å². The fourth-order valence-corrected chi connectivity index (χ4v) is 2.55.